The molecule has 0 aromatic rings. The minimum Gasteiger partial charge on any atom is -0.377 e. The fraction of sp³-hybridized carbons (Fsp3) is 0.944. The van der Waals surface area contributed by atoms with Crippen LogP contribution in [-0.4, -0.2) is 59.5 Å². The molecule has 0 spiro atoms. The van der Waals surface area contributed by atoms with Crippen molar-refractivity contribution in [2.24, 2.45) is 10.4 Å². The third kappa shape index (κ3) is 8.82. The van der Waals surface area contributed by atoms with Crippen molar-refractivity contribution < 1.29 is 13.2 Å². The minimum atomic E-state index is -3.31. The third-order valence-corrected chi connectivity index (χ3v) is 7.08. The molecule has 1 aliphatic carbocycles. The Kier molecular flexibility index (Phi) is 11.5. The van der Waals surface area contributed by atoms with Crippen LogP contribution in [0.4, 0.5) is 0 Å². The highest BCUT2D eigenvalue weighted by molar-refractivity contribution is 14.0. The Morgan fingerprint density at radius 3 is 2.52 bits per heavy atom. The lowest BCUT2D eigenvalue weighted by atomic mass is 9.83. The Labute approximate surface area is 181 Å². The van der Waals surface area contributed by atoms with Gasteiger partial charge < -0.3 is 15.4 Å². The number of sulfonamides is 1. The molecule has 1 aliphatic heterocycles. The van der Waals surface area contributed by atoms with Crippen molar-refractivity contribution in [3.8, 4) is 0 Å². The lowest BCUT2D eigenvalue weighted by Crippen LogP contribution is -2.45. The van der Waals surface area contributed by atoms with Crippen LogP contribution in [0.5, 0.6) is 0 Å². The highest BCUT2D eigenvalue weighted by Crippen LogP contribution is 2.40. The van der Waals surface area contributed by atoms with Gasteiger partial charge in [0.15, 0.2) is 5.96 Å². The maximum absolute atomic E-state index is 12.1. The Bertz CT molecular complexity index is 545. The maximum atomic E-state index is 12.1. The number of ether oxygens (including phenoxy) is 1. The van der Waals surface area contributed by atoms with Gasteiger partial charge in [-0.1, -0.05) is 19.8 Å². The number of nitrogens with one attached hydrogen (secondary N) is 3. The SMILES string of the molecule is CCC1(CNC(=NC)NCCS(=O)(=O)NCC2CCCCO2)CCCC1.I. The van der Waals surface area contributed by atoms with Crippen molar-refractivity contribution in [2.75, 3.05) is 39.0 Å². The van der Waals surface area contributed by atoms with Crippen LogP contribution in [0.25, 0.3) is 0 Å². The van der Waals surface area contributed by atoms with Gasteiger partial charge in [-0.15, -0.1) is 24.0 Å². The summed E-state index contributed by atoms with van der Waals surface area (Å²) in [5.74, 6) is 0.704. The second-order valence-corrected chi connectivity index (χ2v) is 9.50. The molecule has 1 saturated carbocycles. The molecule has 0 bridgehead atoms. The Balaban J connectivity index is 0.00000364. The van der Waals surface area contributed by atoms with Crippen molar-refractivity contribution in [1.82, 2.24) is 15.4 Å². The van der Waals surface area contributed by atoms with Gasteiger partial charge in [0.05, 0.1) is 11.9 Å². The van der Waals surface area contributed by atoms with Crippen LogP contribution >= 0.6 is 24.0 Å². The van der Waals surface area contributed by atoms with E-state index in [0.29, 0.717) is 24.5 Å². The van der Waals surface area contributed by atoms with Crippen molar-refractivity contribution in [3.63, 3.8) is 0 Å². The minimum absolute atomic E-state index is 0. The molecule has 0 radical (unpaired) electrons. The summed E-state index contributed by atoms with van der Waals surface area (Å²) in [5, 5.41) is 6.49. The summed E-state index contributed by atoms with van der Waals surface area (Å²) in [4.78, 5) is 4.21. The molecule has 1 unspecified atom stereocenters. The van der Waals surface area contributed by atoms with E-state index in [0.717, 1.165) is 32.4 Å². The summed E-state index contributed by atoms with van der Waals surface area (Å²) in [6, 6.07) is 0. The zero-order chi connectivity index (χ0) is 18.9. The second kappa shape index (κ2) is 12.4. The summed E-state index contributed by atoms with van der Waals surface area (Å²) in [6.45, 7) is 4.58. The normalized spacial score (nSPS) is 22.9. The van der Waals surface area contributed by atoms with Gasteiger partial charge in [0.2, 0.25) is 10.0 Å². The highest BCUT2D eigenvalue weighted by atomic mass is 127. The van der Waals surface area contributed by atoms with Crippen LogP contribution in [0, 0.1) is 5.41 Å². The largest absolute Gasteiger partial charge is 0.377 e. The van der Waals surface area contributed by atoms with Crippen molar-refractivity contribution in [3.05, 3.63) is 0 Å². The summed E-state index contributed by atoms with van der Waals surface area (Å²) < 4.78 is 32.5. The van der Waals surface area contributed by atoms with E-state index < -0.39 is 10.0 Å². The van der Waals surface area contributed by atoms with Crippen LogP contribution in [0.2, 0.25) is 0 Å². The Hall–Kier alpha value is -0.130. The zero-order valence-electron chi connectivity index (χ0n) is 16.8. The van der Waals surface area contributed by atoms with E-state index in [2.05, 4.69) is 27.3 Å². The van der Waals surface area contributed by atoms with Crippen molar-refractivity contribution in [1.29, 1.82) is 0 Å². The van der Waals surface area contributed by atoms with Gasteiger partial charge in [0, 0.05) is 33.3 Å². The number of guanidine groups is 1. The van der Waals surface area contributed by atoms with Crippen LogP contribution in [0.1, 0.15) is 58.3 Å². The van der Waals surface area contributed by atoms with Crippen LogP contribution in [-0.2, 0) is 14.8 Å². The summed E-state index contributed by atoms with van der Waals surface area (Å²) in [6.07, 6.45) is 9.40. The van der Waals surface area contributed by atoms with Gasteiger partial charge in [-0.2, -0.15) is 0 Å². The molecule has 3 N–H and O–H groups in total. The van der Waals surface area contributed by atoms with E-state index in [-0.39, 0.29) is 35.8 Å². The Morgan fingerprint density at radius 2 is 1.93 bits per heavy atom. The monoisotopic (exact) mass is 516 g/mol. The molecule has 2 aliphatic rings. The lowest BCUT2D eigenvalue weighted by Gasteiger charge is -2.28. The Morgan fingerprint density at radius 1 is 1.19 bits per heavy atom. The molecular formula is C18H37IN4O3S. The summed E-state index contributed by atoms with van der Waals surface area (Å²) >= 11 is 0. The first kappa shape index (κ1) is 24.9. The van der Waals surface area contributed by atoms with Crippen LogP contribution in [0.3, 0.4) is 0 Å². The highest BCUT2D eigenvalue weighted by Gasteiger charge is 2.31. The molecule has 0 amide bonds. The van der Waals surface area contributed by atoms with Crippen molar-refractivity contribution in [2.45, 2.75) is 64.4 Å². The smallest absolute Gasteiger partial charge is 0.213 e. The van der Waals surface area contributed by atoms with Gasteiger partial charge in [-0.25, -0.2) is 13.1 Å². The standard InChI is InChI=1S/C18H36N4O3S.HI/c1-3-18(9-5-6-10-18)15-21-17(19-2)20-11-13-26(23,24)22-14-16-8-4-7-12-25-16;/h16,22H,3-15H2,1-2H3,(H2,19,20,21);1H. The number of halogens is 1. The van der Waals surface area contributed by atoms with E-state index in [1.807, 2.05) is 0 Å². The lowest BCUT2D eigenvalue weighted by molar-refractivity contribution is 0.0200. The first-order valence-corrected chi connectivity index (χ1v) is 11.7. The average molecular weight is 516 g/mol. The number of nitrogens with zero attached hydrogens (tertiary/aromatic N) is 1. The fourth-order valence-corrected chi connectivity index (χ4v) is 4.79. The van der Waals surface area contributed by atoms with E-state index >= 15 is 0 Å². The molecule has 2 rings (SSSR count). The number of rotatable bonds is 9. The number of hydrogen-bond donors (Lipinski definition) is 3. The fourth-order valence-electron chi connectivity index (χ4n) is 3.84. The first-order valence-electron chi connectivity index (χ1n) is 10.0. The van der Waals surface area contributed by atoms with Gasteiger partial charge in [-0.3, -0.25) is 4.99 Å². The van der Waals surface area contributed by atoms with E-state index in [9.17, 15) is 8.42 Å². The molecule has 1 atom stereocenters. The topological polar surface area (TPSA) is 91.8 Å². The molecule has 1 heterocycles. The second-order valence-electron chi connectivity index (χ2n) is 7.57. The molecule has 0 aromatic carbocycles. The van der Waals surface area contributed by atoms with E-state index in [1.54, 1.807) is 7.05 Å². The van der Waals surface area contributed by atoms with Crippen molar-refractivity contribution >= 4 is 40.0 Å². The molecule has 9 heteroatoms. The molecular weight excluding hydrogens is 479 g/mol. The van der Waals surface area contributed by atoms with Gasteiger partial charge >= 0.3 is 0 Å². The predicted octanol–water partition coefficient (Wildman–Crippen LogP) is 2.23. The van der Waals surface area contributed by atoms with Crippen LogP contribution < -0.4 is 15.4 Å². The maximum Gasteiger partial charge on any atom is 0.213 e. The van der Waals surface area contributed by atoms with Crippen LogP contribution in [0.15, 0.2) is 4.99 Å². The van der Waals surface area contributed by atoms with Gasteiger partial charge in [-0.05, 0) is 43.9 Å². The number of hydrogen-bond acceptors (Lipinski definition) is 4. The van der Waals surface area contributed by atoms with Gasteiger partial charge in [0.25, 0.3) is 0 Å². The first-order chi connectivity index (χ1) is 12.5. The third-order valence-electron chi connectivity index (χ3n) is 5.74. The zero-order valence-corrected chi connectivity index (χ0v) is 19.9. The molecule has 160 valence electrons. The molecule has 0 aromatic heterocycles. The molecule has 27 heavy (non-hydrogen) atoms. The van der Waals surface area contributed by atoms with E-state index in [4.69, 9.17) is 4.74 Å². The summed E-state index contributed by atoms with van der Waals surface area (Å²) in [7, 11) is -1.59. The average Bonchev–Trinajstić information content (AvgIpc) is 3.13. The van der Waals surface area contributed by atoms with Gasteiger partial charge in [0.1, 0.15) is 0 Å². The predicted molar refractivity (Wildman–Crippen MR) is 121 cm³/mol. The van der Waals surface area contributed by atoms with E-state index in [1.165, 1.54) is 32.1 Å². The summed E-state index contributed by atoms with van der Waals surface area (Å²) in [5.41, 5.74) is 0.366. The quantitative estimate of drug-likeness (QED) is 0.249. The molecule has 1 saturated heterocycles. The molecule has 2 fully saturated rings. The molecule has 7 nitrogen and oxygen atoms in total. The number of aliphatic imine (C=N–C) groups is 1.